The van der Waals surface area contributed by atoms with Crippen LogP contribution in [0.5, 0.6) is 5.88 Å². The summed E-state index contributed by atoms with van der Waals surface area (Å²) in [5.41, 5.74) is 1.11. The van der Waals surface area contributed by atoms with Gasteiger partial charge in [-0.15, -0.1) is 24.0 Å². The highest BCUT2D eigenvalue weighted by molar-refractivity contribution is 14.0. The molecule has 0 unspecified atom stereocenters. The molecule has 0 aromatic carbocycles. The van der Waals surface area contributed by atoms with Crippen molar-refractivity contribution in [2.24, 2.45) is 4.99 Å². The lowest BCUT2D eigenvalue weighted by molar-refractivity contribution is 0.0657. The average Bonchev–Trinajstić information content (AvgIpc) is 3.35. The number of rotatable bonds is 5. The maximum Gasteiger partial charge on any atom is 0.289 e. The number of hydrogen-bond acceptors (Lipinski definition) is 5. The normalized spacial score (nSPS) is 17.6. The van der Waals surface area contributed by atoms with E-state index in [0.717, 1.165) is 37.5 Å². The summed E-state index contributed by atoms with van der Waals surface area (Å²) in [4.78, 5) is 25.2. The Kier molecular flexibility index (Phi) is 9.19. The number of ether oxygens (including phenoxy) is 1. The SMILES string of the molecule is CN=C(NCc1ccnc(OC2CCCCC2)c1)N1CCN(C(=O)c2ccco2)CC1.I. The van der Waals surface area contributed by atoms with Crippen LogP contribution in [-0.4, -0.2) is 66.0 Å². The number of nitrogens with one attached hydrogen (secondary N) is 1. The Labute approximate surface area is 206 Å². The minimum Gasteiger partial charge on any atom is -0.474 e. The molecule has 2 aliphatic rings. The monoisotopic (exact) mass is 553 g/mol. The first-order valence-electron chi connectivity index (χ1n) is 11.1. The van der Waals surface area contributed by atoms with Crippen LogP contribution in [0.4, 0.5) is 0 Å². The van der Waals surface area contributed by atoms with Gasteiger partial charge >= 0.3 is 0 Å². The van der Waals surface area contributed by atoms with Crippen LogP contribution in [0.15, 0.2) is 46.1 Å². The minimum atomic E-state index is -0.0603. The first-order valence-corrected chi connectivity index (χ1v) is 11.1. The van der Waals surface area contributed by atoms with Gasteiger partial charge in [-0.2, -0.15) is 0 Å². The van der Waals surface area contributed by atoms with Gasteiger partial charge in [-0.05, 0) is 49.4 Å². The van der Waals surface area contributed by atoms with Crippen LogP contribution < -0.4 is 10.1 Å². The number of aliphatic imine (C=N–C) groups is 1. The van der Waals surface area contributed by atoms with Crippen LogP contribution in [0.3, 0.4) is 0 Å². The van der Waals surface area contributed by atoms with Crippen molar-refractivity contribution >= 4 is 35.8 Å². The highest BCUT2D eigenvalue weighted by Gasteiger charge is 2.25. The van der Waals surface area contributed by atoms with Crippen LogP contribution in [0.1, 0.15) is 48.2 Å². The molecule has 1 saturated carbocycles. The van der Waals surface area contributed by atoms with Crippen molar-refractivity contribution in [3.8, 4) is 5.88 Å². The molecule has 1 amide bonds. The van der Waals surface area contributed by atoms with Crippen molar-refractivity contribution in [1.29, 1.82) is 0 Å². The molecule has 1 saturated heterocycles. The number of aromatic nitrogens is 1. The first-order chi connectivity index (χ1) is 15.2. The Morgan fingerprint density at radius 3 is 2.62 bits per heavy atom. The standard InChI is InChI=1S/C23H31N5O3.HI/c1-24-23(28-13-11-27(12-14-28)22(29)20-8-5-15-30-20)26-17-18-9-10-25-21(16-18)31-19-6-3-2-4-7-19;/h5,8-10,15-16,19H,2-4,6-7,11-14,17H2,1H3,(H,24,26);1H. The molecular formula is C23H32IN5O3. The van der Waals surface area contributed by atoms with Gasteiger partial charge in [0.25, 0.3) is 5.91 Å². The molecule has 32 heavy (non-hydrogen) atoms. The Hall–Kier alpha value is -2.30. The highest BCUT2D eigenvalue weighted by Crippen LogP contribution is 2.22. The van der Waals surface area contributed by atoms with Crippen molar-refractivity contribution in [2.75, 3.05) is 33.2 Å². The fourth-order valence-corrected chi connectivity index (χ4v) is 4.17. The third-order valence-electron chi connectivity index (χ3n) is 5.90. The minimum absolute atomic E-state index is 0. The summed E-state index contributed by atoms with van der Waals surface area (Å²) in [6.07, 6.45) is 9.64. The van der Waals surface area contributed by atoms with Gasteiger partial charge in [-0.1, -0.05) is 6.42 Å². The lowest BCUT2D eigenvalue weighted by Crippen LogP contribution is -2.53. The number of carbonyl (C=O) groups is 1. The topological polar surface area (TPSA) is 83.2 Å². The number of halogens is 1. The van der Waals surface area contributed by atoms with Gasteiger partial charge in [0, 0.05) is 52.0 Å². The molecule has 9 heteroatoms. The van der Waals surface area contributed by atoms with E-state index < -0.39 is 0 Å². The van der Waals surface area contributed by atoms with Crippen LogP contribution in [-0.2, 0) is 6.54 Å². The van der Waals surface area contributed by atoms with Crippen LogP contribution in [0.25, 0.3) is 0 Å². The highest BCUT2D eigenvalue weighted by atomic mass is 127. The van der Waals surface area contributed by atoms with Crippen molar-refractivity contribution in [3.05, 3.63) is 48.0 Å². The Balaban J connectivity index is 0.00000289. The molecule has 0 spiro atoms. The molecule has 2 aromatic rings. The zero-order chi connectivity index (χ0) is 21.5. The smallest absolute Gasteiger partial charge is 0.289 e. The van der Waals surface area contributed by atoms with Crippen LogP contribution in [0.2, 0.25) is 0 Å². The molecule has 0 radical (unpaired) electrons. The second kappa shape index (κ2) is 12.1. The van der Waals surface area contributed by atoms with Crippen molar-refractivity contribution in [2.45, 2.75) is 44.8 Å². The Morgan fingerprint density at radius 1 is 1.19 bits per heavy atom. The fourth-order valence-electron chi connectivity index (χ4n) is 4.17. The number of furan rings is 1. The van der Waals surface area contributed by atoms with E-state index in [0.29, 0.717) is 31.3 Å². The average molecular weight is 553 g/mol. The number of hydrogen-bond donors (Lipinski definition) is 1. The molecule has 1 N–H and O–H groups in total. The fraction of sp³-hybridized carbons (Fsp3) is 0.522. The van der Waals surface area contributed by atoms with Gasteiger partial charge < -0.3 is 24.3 Å². The Bertz CT molecular complexity index is 876. The zero-order valence-electron chi connectivity index (χ0n) is 18.5. The molecular weight excluding hydrogens is 521 g/mol. The molecule has 2 aromatic heterocycles. The van der Waals surface area contributed by atoms with Gasteiger partial charge in [-0.25, -0.2) is 4.98 Å². The molecule has 4 rings (SSSR count). The van der Waals surface area contributed by atoms with Gasteiger partial charge in [0.1, 0.15) is 6.10 Å². The van der Waals surface area contributed by atoms with Crippen LogP contribution in [0, 0.1) is 0 Å². The van der Waals surface area contributed by atoms with E-state index in [1.54, 1.807) is 25.4 Å². The number of amides is 1. The second-order valence-electron chi connectivity index (χ2n) is 8.04. The number of carbonyl (C=O) groups excluding carboxylic acids is 1. The summed E-state index contributed by atoms with van der Waals surface area (Å²) >= 11 is 0. The van der Waals surface area contributed by atoms with Crippen LogP contribution >= 0.6 is 24.0 Å². The predicted molar refractivity (Wildman–Crippen MR) is 134 cm³/mol. The van der Waals surface area contributed by atoms with Crippen molar-refractivity contribution in [3.63, 3.8) is 0 Å². The van der Waals surface area contributed by atoms with E-state index in [1.807, 2.05) is 17.0 Å². The zero-order valence-corrected chi connectivity index (χ0v) is 20.9. The molecule has 3 heterocycles. The lowest BCUT2D eigenvalue weighted by atomic mass is 9.98. The summed E-state index contributed by atoms with van der Waals surface area (Å²) in [6.45, 7) is 3.35. The third-order valence-corrected chi connectivity index (χ3v) is 5.90. The van der Waals surface area contributed by atoms with E-state index in [2.05, 4.69) is 20.2 Å². The number of piperazine rings is 1. The number of guanidine groups is 1. The maximum absolute atomic E-state index is 12.4. The van der Waals surface area contributed by atoms with Gasteiger partial charge in [-0.3, -0.25) is 9.79 Å². The molecule has 8 nitrogen and oxygen atoms in total. The number of nitrogens with zero attached hydrogens (tertiary/aromatic N) is 4. The van der Waals surface area contributed by atoms with E-state index in [1.165, 1.54) is 25.5 Å². The van der Waals surface area contributed by atoms with Gasteiger partial charge in [0.2, 0.25) is 5.88 Å². The lowest BCUT2D eigenvalue weighted by Gasteiger charge is -2.36. The summed E-state index contributed by atoms with van der Waals surface area (Å²) in [7, 11) is 1.78. The molecule has 174 valence electrons. The molecule has 0 atom stereocenters. The summed E-state index contributed by atoms with van der Waals surface area (Å²) in [6, 6.07) is 7.44. The first kappa shape index (κ1) is 24.3. The molecule has 2 fully saturated rings. The number of pyridine rings is 1. The Morgan fingerprint density at radius 2 is 1.94 bits per heavy atom. The van der Waals surface area contributed by atoms with Gasteiger partial charge in [0.15, 0.2) is 11.7 Å². The van der Waals surface area contributed by atoms with Crippen molar-refractivity contribution in [1.82, 2.24) is 20.1 Å². The van der Waals surface area contributed by atoms with Gasteiger partial charge in [0.05, 0.1) is 6.26 Å². The van der Waals surface area contributed by atoms with E-state index in [-0.39, 0.29) is 36.0 Å². The van der Waals surface area contributed by atoms with Crippen molar-refractivity contribution < 1.29 is 13.9 Å². The summed E-state index contributed by atoms with van der Waals surface area (Å²) in [5.74, 6) is 1.86. The van der Waals surface area contributed by atoms with E-state index in [4.69, 9.17) is 9.15 Å². The summed E-state index contributed by atoms with van der Waals surface area (Å²) in [5, 5.41) is 3.43. The molecule has 1 aliphatic heterocycles. The molecule has 0 bridgehead atoms. The predicted octanol–water partition coefficient (Wildman–Crippen LogP) is 3.54. The summed E-state index contributed by atoms with van der Waals surface area (Å²) < 4.78 is 11.3. The largest absolute Gasteiger partial charge is 0.474 e. The van der Waals surface area contributed by atoms with E-state index in [9.17, 15) is 4.79 Å². The quantitative estimate of drug-likeness (QED) is 0.347. The maximum atomic E-state index is 12.4. The second-order valence-corrected chi connectivity index (χ2v) is 8.04. The third kappa shape index (κ3) is 6.36. The van der Waals surface area contributed by atoms with E-state index >= 15 is 0 Å². The molecule has 1 aliphatic carbocycles.